The number of aromatic nitrogens is 1. The maximum absolute atomic E-state index is 8.23. The predicted octanol–water partition coefficient (Wildman–Crippen LogP) is 3.13. The Labute approximate surface area is 74.9 Å². The van der Waals surface area contributed by atoms with Crippen LogP contribution in [0.15, 0.2) is 5.11 Å². The number of rotatable bonds is 2. The largest absolute Gasteiger partial charge is 0.246 e. The van der Waals surface area contributed by atoms with Gasteiger partial charge >= 0.3 is 0 Å². The Hall–Kier alpha value is -1.06. The number of hydrogen-bond acceptors (Lipinski definition) is 3. The van der Waals surface area contributed by atoms with Crippen LogP contribution in [0.1, 0.15) is 28.5 Å². The molecule has 1 aromatic rings. The summed E-state index contributed by atoms with van der Waals surface area (Å²) in [6.45, 7) is 5.79. The summed E-state index contributed by atoms with van der Waals surface area (Å²) in [5.74, 6) is 0. The Morgan fingerprint density at radius 2 is 2.25 bits per heavy atom. The highest BCUT2D eigenvalue weighted by molar-refractivity contribution is 7.11. The van der Waals surface area contributed by atoms with Crippen molar-refractivity contribution >= 4 is 11.3 Å². The molecule has 12 heavy (non-hydrogen) atoms. The van der Waals surface area contributed by atoms with Crippen LogP contribution in [0.4, 0.5) is 0 Å². The van der Waals surface area contributed by atoms with Gasteiger partial charge in [0.1, 0.15) is 0 Å². The van der Waals surface area contributed by atoms with Gasteiger partial charge in [-0.1, -0.05) is 12.0 Å². The zero-order valence-corrected chi connectivity index (χ0v) is 8.09. The van der Waals surface area contributed by atoms with Gasteiger partial charge in [-0.15, -0.1) is 11.3 Å². The Bertz CT molecular complexity index is 324. The van der Waals surface area contributed by atoms with E-state index in [1.54, 1.807) is 11.3 Å². The second-order valence-electron chi connectivity index (χ2n) is 2.56. The van der Waals surface area contributed by atoms with Crippen LogP contribution in [0.2, 0.25) is 0 Å². The monoisotopic (exact) mass is 182 g/mol. The lowest BCUT2D eigenvalue weighted by atomic mass is 10.2. The van der Waals surface area contributed by atoms with Crippen molar-refractivity contribution in [1.29, 1.82) is 0 Å². The molecule has 0 unspecified atom stereocenters. The van der Waals surface area contributed by atoms with Gasteiger partial charge in [0.05, 0.1) is 16.7 Å². The van der Waals surface area contributed by atoms with Crippen LogP contribution < -0.4 is 0 Å². The molecule has 1 heterocycles. The van der Waals surface area contributed by atoms with E-state index in [-0.39, 0.29) is 6.04 Å². The maximum Gasteiger partial charge on any atom is 0.0900 e. The summed E-state index contributed by atoms with van der Waals surface area (Å²) in [5, 5.41) is 4.61. The fourth-order valence-electron chi connectivity index (χ4n) is 1.06. The van der Waals surface area contributed by atoms with Gasteiger partial charge in [0.2, 0.25) is 0 Å². The van der Waals surface area contributed by atoms with Gasteiger partial charge in [0.25, 0.3) is 0 Å². The topological polar surface area (TPSA) is 61.7 Å². The third-order valence-corrected chi connectivity index (χ3v) is 2.46. The Balaban J connectivity index is 3.01. The molecule has 4 nitrogen and oxygen atoms in total. The molecule has 5 heteroatoms. The zero-order valence-electron chi connectivity index (χ0n) is 7.27. The van der Waals surface area contributed by atoms with Gasteiger partial charge in [0, 0.05) is 9.79 Å². The average Bonchev–Trinajstić information content (AvgIpc) is 2.30. The lowest BCUT2D eigenvalue weighted by Gasteiger charge is -1.99. The summed E-state index contributed by atoms with van der Waals surface area (Å²) in [5.41, 5.74) is 9.13. The van der Waals surface area contributed by atoms with Crippen molar-refractivity contribution in [3.05, 3.63) is 26.0 Å². The fourth-order valence-corrected chi connectivity index (χ4v) is 1.97. The molecule has 0 spiro atoms. The smallest absolute Gasteiger partial charge is 0.0900 e. The molecule has 0 radical (unpaired) electrons. The first-order valence-electron chi connectivity index (χ1n) is 3.63. The molecule has 0 aliphatic rings. The molecule has 0 fully saturated rings. The molecule has 64 valence electrons. The SMILES string of the molecule is Cc1nc([C@@H](C)N=[N+]=[N-])c(C)s1. The Kier molecular flexibility index (Phi) is 2.68. The van der Waals surface area contributed by atoms with Crippen molar-refractivity contribution < 1.29 is 0 Å². The Morgan fingerprint density at radius 3 is 2.67 bits per heavy atom. The molecule has 0 N–H and O–H groups in total. The number of azide groups is 1. The predicted molar refractivity (Wildman–Crippen MR) is 49.1 cm³/mol. The van der Waals surface area contributed by atoms with Crippen LogP contribution in [-0.2, 0) is 0 Å². The van der Waals surface area contributed by atoms with E-state index in [2.05, 4.69) is 15.0 Å². The Morgan fingerprint density at radius 1 is 1.58 bits per heavy atom. The molecular formula is C7H10N4S. The normalized spacial score (nSPS) is 12.2. The van der Waals surface area contributed by atoms with E-state index in [1.807, 2.05) is 20.8 Å². The molecule has 0 aromatic carbocycles. The van der Waals surface area contributed by atoms with Crippen LogP contribution in [-0.4, -0.2) is 4.98 Å². The third kappa shape index (κ3) is 1.75. The van der Waals surface area contributed by atoms with E-state index in [4.69, 9.17) is 5.53 Å². The second-order valence-corrected chi connectivity index (χ2v) is 3.96. The van der Waals surface area contributed by atoms with Crippen LogP contribution in [0.3, 0.4) is 0 Å². The summed E-state index contributed by atoms with van der Waals surface area (Å²) in [4.78, 5) is 8.17. The molecule has 0 bridgehead atoms. The minimum Gasteiger partial charge on any atom is -0.246 e. The van der Waals surface area contributed by atoms with Crippen LogP contribution >= 0.6 is 11.3 Å². The highest BCUT2D eigenvalue weighted by atomic mass is 32.1. The van der Waals surface area contributed by atoms with Gasteiger partial charge in [-0.25, -0.2) is 4.98 Å². The van der Waals surface area contributed by atoms with Crippen molar-refractivity contribution in [2.24, 2.45) is 5.11 Å². The van der Waals surface area contributed by atoms with Crippen LogP contribution in [0.25, 0.3) is 10.4 Å². The number of aryl methyl sites for hydroxylation is 2. The molecular weight excluding hydrogens is 172 g/mol. The first kappa shape index (κ1) is 9.03. The molecule has 1 atom stereocenters. The quantitative estimate of drug-likeness (QED) is 0.393. The molecule has 0 saturated carbocycles. The highest BCUT2D eigenvalue weighted by Crippen LogP contribution is 2.24. The molecule has 0 aliphatic heterocycles. The summed E-state index contributed by atoms with van der Waals surface area (Å²) >= 11 is 1.63. The van der Waals surface area contributed by atoms with Crippen molar-refractivity contribution in [3.8, 4) is 0 Å². The van der Waals surface area contributed by atoms with E-state index in [0.29, 0.717) is 0 Å². The first-order chi connectivity index (χ1) is 5.65. The van der Waals surface area contributed by atoms with E-state index < -0.39 is 0 Å². The minimum atomic E-state index is -0.153. The number of hydrogen-bond donors (Lipinski definition) is 0. The fraction of sp³-hybridized carbons (Fsp3) is 0.571. The van der Waals surface area contributed by atoms with Gasteiger partial charge in [-0.2, -0.15) is 0 Å². The van der Waals surface area contributed by atoms with Crippen molar-refractivity contribution in [2.75, 3.05) is 0 Å². The van der Waals surface area contributed by atoms with Gasteiger partial charge in [-0.05, 0) is 19.4 Å². The molecule has 0 saturated heterocycles. The molecule has 1 rings (SSSR count). The third-order valence-electron chi connectivity index (χ3n) is 1.56. The van der Waals surface area contributed by atoms with Gasteiger partial charge in [-0.3, -0.25) is 0 Å². The van der Waals surface area contributed by atoms with Crippen LogP contribution in [0, 0.1) is 13.8 Å². The van der Waals surface area contributed by atoms with Crippen molar-refractivity contribution in [3.63, 3.8) is 0 Å². The minimum absolute atomic E-state index is 0.153. The molecule has 0 amide bonds. The highest BCUT2D eigenvalue weighted by Gasteiger charge is 2.10. The molecule has 1 aromatic heterocycles. The average molecular weight is 182 g/mol. The first-order valence-corrected chi connectivity index (χ1v) is 4.45. The summed E-state index contributed by atoms with van der Waals surface area (Å²) in [6.07, 6.45) is 0. The van der Waals surface area contributed by atoms with E-state index in [9.17, 15) is 0 Å². The molecule has 0 aliphatic carbocycles. The van der Waals surface area contributed by atoms with E-state index in [1.165, 1.54) is 0 Å². The summed E-state index contributed by atoms with van der Waals surface area (Å²) in [6, 6.07) is -0.153. The van der Waals surface area contributed by atoms with Crippen molar-refractivity contribution in [1.82, 2.24) is 4.98 Å². The zero-order chi connectivity index (χ0) is 9.14. The van der Waals surface area contributed by atoms with Gasteiger partial charge < -0.3 is 0 Å². The van der Waals surface area contributed by atoms with Gasteiger partial charge in [0.15, 0.2) is 0 Å². The standard InChI is InChI=1S/C7H10N4S/c1-4(10-11-8)7-5(2)12-6(3)9-7/h4H,1-3H3/t4-/m1/s1. The summed E-state index contributed by atoms with van der Waals surface area (Å²) in [7, 11) is 0. The summed E-state index contributed by atoms with van der Waals surface area (Å²) < 4.78 is 0. The number of thiazole rings is 1. The van der Waals surface area contributed by atoms with E-state index >= 15 is 0 Å². The maximum atomic E-state index is 8.23. The second kappa shape index (κ2) is 3.56. The van der Waals surface area contributed by atoms with E-state index in [0.717, 1.165) is 15.6 Å². The van der Waals surface area contributed by atoms with Crippen molar-refractivity contribution in [2.45, 2.75) is 26.8 Å². The van der Waals surface area contributed by atoms with Crippen LogP contribution in [0.5, 0.6) is 0 Å². The lowest BCUT2D eigenvalue weighted by Crippen LogP contribution is -1.90. The number of nitrogens with zero attached hydrogens (tertiary/aromatic N) is 4. The lowest BCUT2D eigenvalue weighted by molar-refractivity contribution is 0.771.